The van der Waals surface area contributed by atoms with Gasteiger partial charge in [0, 0.05) is 0 Å². The number of tetrazole rings is 1. The first-order chi connectivity index (χ1) is 5.52. The molecule has 1 heterocycles. The summed E-state index contributed by atoms with van der Waals surface area (Å²) in [6.45, 7) is 1.17. The summed E-state index contributed by atoms with van der Waals surface area (Å²) in [4.78, 5) is 10.4. The molecule has 0 aliphatic carbocycles. The SMILES string of the molecule is CC(O)(Cc1nn[nH]n1)C(=O)O. The molecule has 7 nitrogen and oxygen atoms in total. The second-order valence-corrected chi connectivity index (χ2v) is 2.58. The largest absolute Gasteiger partial charge is 0.479 e. The van der Waals surface area contributed by atoms with Crippen LogP contribution in [0.15, 0.2) is 0 Å². The first kappa shape index (κ1) is 8.60. The number of carbonyl (C=O) groups is 1. The number of rotatable bonds is 3. The number of carboxylic acid groups (broad SMARTS) is 1. The number of aliphatic hydroxyl groups is 1. The molecule has 7 heteroatoms. The van der Waals surface area contributed by atoms with Crippen LogP contribution in [0.1, 0.15) is 12.7 Å². The second kappa shape index (κ2) is 2.86. The van der Waals surface area contributed by atoms with Crippen molar-refractivity contribution >= 4 is 5.97 Å². The maximum absolute atomic E-state index is 10.4. The van der Waals surface area contributed by atoms with Gasteiger partial charge in [-0.2, -0.15) is 5.21 Å². The highest BCUT2D eigenvalue weighted by Crippen LogP contribution is 2.08. The minimum atomic E-state index is -1.84. The van der Waals surface area contributed by atoms with Gasteiger partial charge in [0.1, 0.15) is 0 Å². The lowest BCUT2D eigenvalue weighted by Gasteiger charge is -2.14. The zero-order valence-electron chi connectivity index (χ0n) is 6.35. The number of carboxylic acids is 1. The Morgan fingerprint density at radius 3 is 2.83 bits per heavy atom. The average molecular weight is 172 g/mol. The van der Waals surface area contributed by atoms with Crippen molar-refractivity contribution in [2.75, 3.05) is 0 Å². The zero-order valence-corrected chi connectivity index (χ0v) is 6.35. The summed E-state index contributed by atoms with van der Waals surface area (Å²) in [6, 6.07) is 0. The molecule has 0 amide bonds. The van der Waals surface area contributed by atoms with E-state index < -0.39 is 11.6 Å². The van der Waals surface area contributed by atoms with E-state index in [9.17, 15) is 9.90 Å². The van der Waals surface area contributed by atoms with Crippen molar-refractivity contribution in [2.24, 2.45) is 0 Å². The lowest BCUT2D eigenvalue weighted by molar-refractivity contribution is -0.156. The topological polar surface area (TPSA) is 112 Å². The van der Waals surface area contributed by atoms with Crippen molar-refractivity contribution in [1.29, 1.82) is 0 Å². The fourth-order valence-corrected chi connectivity index (χ4v) is 0.641. The van der Waals surface area contributed by atoms with E-state index in [1.54, 1.807) is 0 Å². The predicted molar refractivity (Wildman–Crippen MR) is 36.1 cm³/mol. The molecule has 0 aliphatic heterocycles. The van der Waals surface area contributed by atoms with Gasteiger partial charge in [-0.25, -0.2) is 4.79 Å². The smallest absolute Gasteiger partial charge is 0.335 e. The van der Waals surface area contributed by atoms with Crippen molar-refractivity contribution in [2.45, 2.75) is 18.9 Å². The van der Waals surface area contributed by atoms with Crippen LogP contribution >= 0.6 is 0 Å². The third kappa shape index (κ3) is 1.76. The van der Waals surface area contributed by atoms with E-state index in [1.807, 2.05) is 0 Å². The molecule has 0 saturated carbocycles. The zero-order chi connectivity index (χ0) is 9.19. The van der Waals surface area contributed by atoms with Crippen LogP contribution in [-0.4, -0.2) is 42.4 Å². The minimum Gasteiger partial charge on any atom is -0.479 e. The van der Waals surface area contributed by atoms with Crippen molar-refractivity contribution in [3.63, 3.8) is 0 Å². The standard InChI is InChI=1S/C5H8N4O3/c1-5(12,4(10)11)2-3-6-8-9-7-3/h12H,2H2,1H3,(H,10,11)(H,6,7,8,9). The summed E-state index contributed by atoms with van der Waals surface area (Å²) in [6.07, 6.45) is -0.168. The molecular weight excluding hydrogens is 164 g/mol. The van der Waals surface area contributed by atoms with Gasteiger partial charge < -0.3 is 10.2 Å². The van der Waals surface area contributed by atoms with Gasteiger partial charge >= 0.3 is 5.97 Å². The number of hydrogen-bond donors (Lipinski definition) is 3. The van der Waals surface area contributed by atoms with E-state index in [0.717, 1.165) is 0 Å². The van der Waals surface area contributed by atoms with Gasteiger partial charge in [-0.15, -0.1) is 10.2 Å². The number of nitrogens with one attached hydrogen (secondary N) is 1. The molecule has 1 rings (SSSR count). The summed E-state index contributed by atoms with van der Waals surface area (Å²) < 4.78 is 0. The van der Waals surface area contributed by atoms with E-state index in [-0.39, 0.29) is 12.2 Å². The van der Waals surface area contributed by atoms with Gasteiger partial charge in [0.2, 0.25) is 0 Å². The van der Waals surface area contributed by atoms with Gasteiger partial charge in [0.25, 0.3) is 0 Å². The highest BCUT2D eigenvalue weighted by atomic mass is 16.4. The quantitative estimate of drug-likeness (QED) is 0.515. The normalized spacial score (nSPS) is 15.5. The Morgan fingerprint density at radius 1 is 1.75 bits per heavy atom. The maximum atomic E-state index is 10.4. The average Bonchev–Trinajstić information content (AvgIpc) is 2.38. The molecule has 0 saturated heterocycles. The summed E-state index contributed by atoms with van der Waals surface area (Å²) in [7, 11) is 0. The van der Waals surface area contributed by atoms with Crippen LogP contribution in [0, 0.1) is 0 Å². The third-order valence-electron chi connectivity index (χ3n) is 1.35. The molecule has 1 atom stereocenters. The van der Waals surface area contributed by atoms with Crippen LogP contribution < -0.4 is 0 Å². The molecular formula is C5H8N4O3. The molecule has 1 aromatic rings. The summed E-state index contributed by atoms with van der Waals surface area (Å²) in [5.74, 6) is -1.14. The van der Waals surface area contributed by atoms with Gasteiger partial charge in [-0.3, -0.25) is 0 Å². The molecule has 12 heavy (non-hydrogen) atoms. The van der Waals surface area contributed by atoms with E-state index in [0.29, 0.717) is 0 Å². The van der Waals surface area contributed by atoms with E-state index in [2.05, 4.69) is 20.6 Å². The number of aromatic nitrogens is 4. The lowest BCUT2D eigenvalue weighted by Crippen LogP contribution is -2.37. The van der Waals surface area contributed by atoms with Crippen LogP contribution in [0.5, 0.6) is 0 Å². The molecule has 0 bridgehead atoms. The molecule has 0 aromatic carbocycles. The molecule has 0 spiro atoms. The second-order valence-electron chi connectivity index (χ2n) is 2.58. The Kier molecular flexibility index (Phi) is 2.05. The maximum Gasteiger partial charge on any atom is 0.335 e. The highest BCUT2D eigenvalue weighted by molar-refractivity contribution is 5.76. The van der Waals surface area contributed by atoms with Crippen molar-refractivity contribution < 1.29 is 15.0 Å². The summed E-state index contributed by atoms with van der Waals surface area (Å²) in [5.41, 5.74) is -1.84. The molecule has 0 radical (unpaired) electrons. The summed E-state index contributed by atoms with van der Waals surface area (Å²) in [5, 5.41) is 30.2. The third-order valence-corrected chi connectivity index (χ3v) is 1.35. The van der Waals surface area contributed by atoms with Crippen molar-refractivity contribution in [1.82, 2.24) is 20.6 Å². The van der Waals surface area contributed by atoms with Gasteiger partial charge in [-0.05, 0) is 6.92 Å². The van der Waals surface area contributed by atoms with Crippen LogP contribution in [0.2, 0.25) is 0 Å². The monoisotopic (exact) mass is 172 g/mol. The Bertz CT molecular complexity index is 268. The number of nitrogens with zero attached hydrogens (tertiary/aromatic N) is 3. The number of aromatic amines is 1. The number of aliphatic carboxylic acids is 1. The fourth-order valence-electron chi connectivity index (χ4n) is 0.641. The number of hydrogen-bond acceptors (Lipinski definition) is 5. The molecule has 0 aliphatic rings. The first-order valence-corrected chi connectivity index (χ1v) is 3.20. The molecule has 0 fully saturated rings. The van der Waals surface area contributed by atoms with E-state index in [1.165, 1.54) is 6.92 Å². The number of H-pyrrole nitrogens is 1. The predicted octanol–water partition coefficient (Wildman–Crippen LogP) is -1.42. The first-order valence-electron chi connectivity index (χ1n) is 3.20. The van der Waals surface area contributed by atoms with Crippen LogP contribution in [0.3, 0.4) is 0 Å². The van der Waals surface area contributed by atoms with Crippen LogP contribution in [-0.2, 0) is 11.2 Å². The molecule has 66 valence electrons. The van der Waals surface area contributed by atoms with E-state index in [4.69, 9.17) is 5.11 Å². The summed E-state index contributed by atoms with van der Waals surface area (Å²) >= 11 is 0. The van der Waals surface area contributed by atoms with Crippen molar-refractivity contribution in [3.8, 4) is 0 Å². The minimum absolute atomic E-state index is 0.168. The van der Waals surface area contributed by atoms with Crippen LogP contribution in [0.4, 0.5) is 0 Å². The lowest BCUT2D eigenvalue weighted by atomic mass is 10.0. The van der Waals surface area contributed by atoms with Gasteiger partial charge in [-0.1, -0.05) is 5.21 Å². The Morgan fingerprint density at radius 2 is 2.42 bits per heavy atom. The van der Waals surface area contributed by atoms with Gasteiger partial charge in [0.05, 0.1) is 6.42 Å². The van der Waals surface area contributed by atoms with Crippen LogP contribution in [0.25, 0.3) is 0 Å². The Labute approximate surface area is 67.4 Å². The van der Waals surface area contributed by atoms with Gasteiger partial charge in [0.15, 0.2) is 11.4 Å². The molecule has 1 unspecified atom stereocenters. The molecule has 3 N–H and O–H groups in total. The molecule has 1 aromatic heterocycles. The fraction of sp³-hybridized carbons (Fsp3) is 0.600. The highest BCUT2D eigenvalue weighted by Gasteiger charge is 2.31. The Balaban J connectivity index is 2.69. The Hall–Kier alpha value is -1.50. The van der Waals surface area contributed by atoms with Crippen molar-refractivity contribution in [3.05, 3.63) is 5.82 Å². The van der Waals surface area contributed by atoms with E-state index >= 15 is 0 Å².